The number of ether oxygens (including phenoxy) is 2. The number of hydrogen-bond acceptors (Lipinski definition) is 6. The molecule has 0 atom stereocenters. The molecule has 2 N–H and O–H groups in total. The van der Waals surface area contributed by atoms with Crippen LogP contribution in [0.25, 0.3) is 0 Å². The number of carbonyl (C=O) groups excluding carboxylic acids is 1. The molecule has 0 saturated heterocycles. The van der Waals surface area contributed by atoms with Crippen LogP contribution >= 0.6 is 0 Å². The van der Waals surface area contributed by atoms with Crippen LogP contribution in [0.15, 0.2) is 54.6 Å². The number of halogens is 1. The van der Waals surface area contributed by atoms with Gasteiger partial charge in [0.1, 0.15) is 5.82 Å². The van der Waals surface area contributed by atoms with E-state index >= 15 is 0 Å². The molecular weight excluding hydrogens is 363 g/mol. The topological polar surface area (TPSA) is 85.4 Å². The predicted molar refractivity (Wildman–Crippen MR) is 102 cm³/mol. The summed E-state index contributed by atoms with van der Waals surface area (Å²) in [5.74, 6) is 0.886. The zero-order valence-corrected chi connectivity index (χ0v) is 15.4. The van der Waals surface area contributed by atoms with E-state index in [0.29, 0.717) is 29.5 Å². The van der Waals surface area contributed by atoms with Gasteiger partial charge in [-0.1, -0.05) is 12.1 Å². The number of aromatic nitrogens is 2. The van der Waals surface area contributed by atoms with Gasteiger partial charge in [-0.15, -0.1) is 10.2 Å². The van der Waals surface area contributed by atoms with E-state index in [9.17, 15) is 9.18 Å². The van der Waals surface area contributed by atoms with Crippen LogP contribution in [0, 0.1) is 5.82 Å². The first-order chi connectivity index (χ1) is 13.6. The van der Waals surface area contributed by atoms with Crippen LogP contribution in [-0.2, 0) is 6.54 Å². The lowest BCUT2D eigenvalue weighted by molar-refractivity contribution is 0.0945. The third kappa shape index (κ3) is 4.73. The zero-order valence-electron chi connectivity index (χ0n) is 15.4. The summed E-state index contributed by atoms with van der Waals surface area (Å²) in [5.41, 5.74) is 1.56. The maximum atomic E-state index is 13.2. The molecule has 0 radical (unpaired) electrons. The first kappa shape index (κ1) is 19.1. The van der Waals surface area contributed by atoms with Crippen LogP contribution in [0.2, 0.25) is 0 Å². The normalized spacial score (nSPS) is 10.2. The number of carbonyl (C=O) groups is 1. The van der Waals surface area contributed by atoms with Crippen molar-refractivity contribution in [2.75, 3.05) is 19.5 Å². The van der Waals surface area contributed by atoms with Crippen molar-refractivity contribution in [3.05, 3.63) is 71.7 Å². The fraction of sp³-hybridized carbons (Fsp3) is 0.150. The Bertz CT molecular complexity index is 964. The smallest absolute Gasteiger partial charge is 0.272 e. The van der Waals surface area contributed by atoms with Gasteiger partial charge in [0.05, 0.1) is 14.2 Å². The number of methoxy groups -OCH3 is 2. The Morgan fingerprint density at radius 1 is 1.00 bits per heavy atom. The summed E-state index contributed by atoms with van der Waals surface area (Å²) in [7, 11) is 3.11. The summed E-state index contributed by atoms with van der Waals surface area (Å²) >= 11 is 0. The maximum absolute atomic E-state index is 13.2. The van der Waals surface area contributed by atoms with E-state index < -0.39 is 0 Å². The summed E-state index contributed by atoms with van der Waals surface area (Å²) in [4.78, 5) is 12.3. The largest absolute Gasteiger partial charge is 0.493 e. The van der Waals surface area contributed by atoms with Crippen molar-refractivity contribution >= 4 is 17.4 Å². The van der Waals surface area contributed by atoms with Gasteiger partial charge in [0.2, 0.25) is 0 Å². The molecule has 1 amide bonds. The molecule has 0 unspecified atom stereocenters. The van der Waals surface area contributed by atoms with Gasteiger partial charge >= 0.3 is 0 Å². The van der Waals surface area contributed by atoms with E-state index in [1.807, 2.05) is 6.07 Å². The molecule has 0 bridgehead atoms. The molecule has 0 aliphatic heterocycles. The van der Waals surface area contributed by atoms with Crippen molar-refractivity contribution in [3.8, 4) is 11.5 Å². The highest BCUT2D eigenvalue weighted by Gasteiger charge is 2.10. The summed E-state index contributed by atoms with van der Waals surface area (Å²) in [6.07, 6.45) is 0. The Balaban J connectivity index is 1.60. The third-order valence-corrected chi connectivity index (χ3v) is 3.90. The summed E-state index contributed by atoms with van der Waals surface area (Å²) < 4.78 is 23.6. The van der Waals surface area contributed by atoms with E-state index in [1.54, 1.807) is 50.6 Å². The highest BCUT2D eigenvalue weighted by molar-refractivity contribution is 5.92. The molecule has 0 fully saturated rings. The maximum Gasteiger partial charge on any atom is 0.272 e. The Labute approximate surface area is 161 Å². The van der Waals surface area contributed by atoms with Gasteiger partial charge in [0.25, 0.3) is 5.91 Å². The van der Waals surface area contributed by atoms with Crippen molar-refractivity contribution in [2.45, 2.75) is 6.54 Å². The Morgan fingerprint density at radius 3 is 2.50 bits per heavy atom. The molecule has 3 rings (SSSR count). The van der Waals surface area contributed by atoms with E-state index in [0.717, 1.165) is 5.56 Å². The molecule has 0 spiro atoms. The summed E-state index contributed by atoms with van der Waals surface area (Å²) in [6, 6.07) is 14.5. The number of benzene rings is 2. The van der Waals surface area contributed by atoms with Crippen LogP contribution in [0.3, 0.4) is 0 Å². The third-order valence-electron chi connectivity index (χ3n) is 3.90. The number of amides is 1. The number of nitrogens with one attached hydrogen (secondary N) is 2. The number of rotatable bonds is 7. The summed E-state index contributed by atoms with van der Waals surface area (Å²) in [5, 5.41) is 13.6. The zero-order chi connectivity index (χ0) is 19.9. The molecule has 0 aliphatic rings. The molecule has 1 heterocycles. The molecule has 0 saturated carbocycles. The fourth-order valence-electron chi connectivity index (χ4n) is 2.50. The predicted octanol–water partition coefficient (Wildman–Crippen LogP) is 3.31. The molecule has 8 heteroatoms. The average molecular weight is 382 g/mol. The molecule has 28 heavy (non-hydrogen) atoms. The van der Waals surface area contributed by atoms with Gasteiger partial charge < -0.3 is 20.1 Å². The van der Waals surface area contributed by atoms with Gasteiger partial charge in [0.15, 0.2) is 23.0 Å². The molecule has 0 aliphatic carbocycles. The molecule has 2 aromatic carbocycles. The number of anilines is 2. The SMILES string of the molecule is COc1ccc(CNC(=O)c2ccc(Nc3cccc(F)c3)nn2)cc1OC. The van der Waals surface area contributed by atoms with Gasteiger partial charge in [-0.3, -0.25) is 4.79 Å². The van der Waals surface area contributed by atoms with E-state index in [2.05, 4.69) is 20.8 Å². The van der Waals surface area contributed by atoms with Gasteiger partial charge in [-0.05, 0) is 48.0 Å². The summed E-state index contributed by atoms with van der Waals surface area (Å²) in [6.45, 7) is 0.296. The molecule has 7 nitrogen and oxygen atoms in total. The molecule has 1 aromatic heterocycles. The minimum Gasteiger partial charge on any atom is -0.493 e. The fourth-order valence-corrected chi connectivity index (χ4v) is 2.50. The van der Waals surface area contributed by atoms with E-state index in [-0.39, 0.29) is 17.4 Å². The second-order valence-electron chi connectivity index (χ2n) is 5.81. The standard InChI is InChI=1S/C20H19FN4O3/c1-27-17-8-6-13(10-18(17)28-2)12-22-20(26)16-7-9-19(25-24-16)23-15-5-3-4-14(21)11-15/h3-11H,12H2,1-2H3,(H,22,26)(H,23,25). The molecular formula is C20H19FN4O3. The number of hydrogen-bond donors (Lipinski definition) is 2. The van der Waals surface area contributed by atoms with Crippen molar-refractivity contribution in [1.29, 1.82) is 0 Å². The Hall–Kier alpha value is -3.68. The highest BCUT2D eigenvalue weighted by atomic mass is 19.1. The highest BCUT2D eigenvalue weighted by Crippen LogP contribution is 2.27. The molecule has 3 aromatic rings. The van der Waals surface area contributed by atoms with E-state index in [1.165, 1.54) is 12.1 Å². The average Bonchev–Trinajstić information content (AvgIpc) is 2.72. The quantitative estimate of drug-likeness (QED) is 0.652. The van der Waals surface area contributed by atoms with Crippen molar-refractivity contribution in [2.24, 2.45) is 0 Å². The van der Waals surface area contributed by atoms with Crippen LogP contribution in [0.5, 0.6) is 11.5 Å². The van der Waals surface area contributed by atoms with Crippen LogP contribution < -0.4 is 20.1 Å². The number of nitrogens with zero attached hydrogens (tertiary/aromatic N) is 2. The first-order valence-corrected chi connectivity index (χ1v) is 8.44. The van der Waals surface area contributed by atoms with Crippen LogP contribution in [0.1, 0.15) is 16.1 Å². The van der Waals surface area contributed by atoms with Crippen molar-refractivity contribution < 1.29 is 18.7 Å². The van der Waals surface area contributed by atoms with E-state index in [4.69, 9.17) is 9.47 Å². The van der Waals surface area contributed by atoms with Gasteiger partial charge in [-0.2, -0.15) is 0 Å². The van der Waals surface area contributed by atoms with Crippen molar-refractivity contribution in [3.63, 3.8) is 0 Å². The minimum absolute atomic E-state index is 0.172. The minimum atomic E-state index is -0.361. The lowest BCUT2D eigenvalue weighted by Crippen LogP contribution is -2.24. The first-order valence-electron chi connectivity index (χ1n) is 8.44. The van der Waals surface area contributed by atoms with Gasteiger partial charge in [-0.25, -0.2) is 4.39 Å². The second-order valence-corrected chi connectivity index (χ2v) is 5.81. The van der Waals surface area contributed by atoms with Crippen molar-refractivity contribution in [1.82, 2.24) is 15.5 Å². The van der Waals surface area contributed by atoms with Crippen LogP contribution in [0.4, 0.5) is 15.9 Å². The molecule has 144 valence electrons. The Kier molecular flexibility index (Phi) is 6.01. The lowest BCUT2D eigenvalue weighted by Gasteiger charge is -2.10. The monoisotopic (exact) mass is 382 g/mol. The second kappa shape index (κ2) is 8.81. The lowest BCUT2D eigenvalue weighted by atomic mass is 10.2. The Morgan fingerprint density at radius 2 is 1.82 bits per heavy atom. The van der Waals surface area contributed by atoms with Gasteiger partial charge in [0, 0.05) is 12.2 Å². The van der Waals surface area contributed by atoms with Crippen LogP contribution in [-0.4, -0.2) is 30.3 Å².